The summed E-state index contributed by atoms with van der Waals surface area (Å²) in [6.45, 7) is 1.82. The van der Waals surface area contributed by atoms with Crippen molar-refractivity contribution in [3.8, 4) is 11.1 Å². The summed E-state index contributed by atoms with van der Waals surface area (Å²) in [7, 11) is 1.68. The Balaban J connectivity index is 2.02. The summed E-state index contributed by atoms with van der Waals surface area (Å²) in [5, 5.41) is 6.85. The van der Waals surface area contributed by atoms with Gasteiger partial charge >= 0.3 is 0 Å². The van der Waals surface area contributed by atoms with Gasteiger partial charge in [0.2, 0.25) is 0 Å². The Morgan fingerprint density at radius 2 is 1.81 bits per heavy atom. The fourth-order valence-corrected chi connectivity index (χ4v) is 3.14. The molecule has 0 aliphatic carbocycles. The van der Waals surface area contributed by atoms with Crippen molar-refractivity contribution < 1.29 is 13.6 Å². The fourth-order valence-electron chi connectivity index (χ4n) is 2.64. The number of aromatic nitrogens is 2. The number of anilines is 1. The number of nitrogens with one attached hydrogen (secondary N) is 1. The van der Waals surface area contributed by atoms with Crippen molar-refractivity contribution in [2.45, 2.75) is 6.92 Å². The van der Waals surface area contributed by atoms with Crippen LogP contribution in [0.4, 0.5) is 14.6 Å². The van der Waals surface area contributed by atoms with Crippen molar-refractivity contribution in [1.29, 1.82) is 0 Å². The zero-order valence-corrected chi connectivity index (χ0v) is 16.1. The van der Waals surface area contributed by atoms with Gasteiger partial charge in [0.15, 0.2) is 11.6 Å². The van der Waals surface area contributed by atoms with Gasteiger partial charge in [-0.25, -0.2) is 8.78 Å². The SMILES string of the molecule is Cc1nn(C)c(NC(=O)c2cc(F)c(F)cc2Cl)c1-c1ccc(Br)cc1. The summed E-state index contributed by atoms with van der Waals surface area (Å²) in [5.74, 6) is -2.49. The number of nitrogens with zero attached hydrogens (tertiary/aromatic N) is 2. The van der Waals surface area contributed by atoms with Crippen molar-refractivity contribution in [2.24, 2.45) is 7.05 Å². The van der Waals surface area contributed by atoms with Crippen LogP contribution in [-0.4, -0.2) is 15.7 Å². The Labute approximate surface area is 161 Å². The molecule has 0 aliphatic heterocycles. The third kappa shape index (κ3) is 3.50. The molecule has 26 heavy (non-hydrogen) atoms. The minimum absolute atomic E-state index is 0.161. The lowest BCUT2D eigenvalue weighted by Gasteiger charge is -2.10. The van der Waals surface area contributed by atoms with E-state index in [1.54, 1.807) is 7.05 Å². The van der Waals surface area contributed by atoms with E-state index in [0.717, 1.165) is 27.7 Å². The minimum Gasteiger partial charge on any atom is -0.306 e. The number of carbonyl (C=O) groups excluding carboxylic acids is 1. The van der Waals surface area contributed by atoms with Gasteiger partial charge in [0.05, 0.1) is 16.3 Å². The normalized spacial score (nSPS) is 10.8. The largest absolute Gasteiger partial charge is 0.306 e. The Hall–Kier alpha value is -2.25. The monoisotopic (exact) mass is 439 g/mol. The van der Waals surface area contributed by atoms with Gasteiger partial charge in [0.25, 0.3) is 5.91 Å². The van der Waals surface area contributed by atoms with E-state index in [1.165, 1.54) is 4.68 Å². The standard InChI is InChI=1S/C18H13BrClF2N3O/c1-9-16(10-3-5-11(19)6-4-10)17(25(2)24-9)23-18(26)12-7-14(21)15(22)8-13(12)20/h3-8H,1-2H3,(H,23,26). The molecule has 0 radical (unpaired) electrons. The number of aryl methyl sites for hydroxylation is 2. The van der Waals surface area contributed by atoms with Crippen LogP contribution in [0.3, 0.4) is 0 Å². The van der Waals surface area contributed by atoms with Crippen molar-refractivity contribution in [1.82, 2.24) is 9.78 Å². The van der Waals surface area contributed by atoms with Gasteiger partial charge in [0, 0.05) is 17.1 Å². The summed E-state index contributed by atoms with van der Waals surface area (Å²) in [6.07, 6.45) is 0. The second-order valence-corrected chi connectivity index (χ2v) is 6.96. The maximum Gasteiger partial charge on any atom is 0.258 e. The van der Waals surface area contributed by atoms with Gasteiger partial charge in [-0.15, -0.1) is 0 Å². The molecule has 1 aromatic heterocycles. The number of rotatable bonds is 3. The summed E-state index contributed by atoms with van der Waals surface area (Å²) < 4.78 is 29.1. The highest BCUT2D eigenvalue weighted by atomic mass is 79.9. The Morgan fingerprint density at radius 3 is 2.46 bits per heavy atom. The predicted octanol–water partition coefficient (Wildman–Crippen LogP) is 5.34. The maximum absolute atomic E-state index is 13.5. The molecule has 8 heteroatoms. The predicted molar refractivity (Wildman–Crippen MR) is 100 cm³/mol. The molecule has 0 saturated heterocycles. The van der Waals surface area contributed by atoms with Crippen LogP contribution in [0.15, 0.2) is 40.9 Å². The third-order valence-electron chi connectivity index (χ3n) is 3.84. The van der Waals surface area contributed by atoms with Crippen LogP contribution in [0.5, 0.6) is 0 Å². The Morgan fingerprint density at radius 1 is 1.19 bits per heavy atom. The van der Waals surface area contributed by atoms with Crippen LogP contribution in [-0.2, 0) is 7.05 Å². The molecule has 0 atom stereocenters. The first-order chi connectivity index (χ1) is 12.3. The molecule has 134 valence electrons. The van der Waals surface area contributed by atoms with Crippen LogP contribution >= 0.6 is 27.5 Å². The Kier molecular flexibility index (Phi) is 5.11. The summed E-state index contributed by atoms with van der Waals surface area (Å²) in [5.41, 5.74) is 2.13. The zero-order valence-electron chi connectivity index (χ0n) is 13.8. The van der Waals surface area contributed by atoms with Crippen molar-refractivity contribution >= 4 is 39.3 Å². The molecule has 1 heterocycles. The molecule has 0 unspecified atom stereocenters. The first kappa shape index (κ1) is 18.5. The van der Waals surface area contributed by atoms with E-state index in [2.05, 4.69) is 26.3 Å². The van der Waals surface area contributed by atoms with Crippen molar-refractivity contribution in [3.63, 3.8) is 0 Å². The summed E-state index contributed by atoms with van der Waals surface area (Å²) in [6, 6.07) is 9.06. The first-order valence-corrected chi connectivity index (χ1v) is 8.70. The number of hydrogen-bond donors (Lipinski definition) is 1. The molecule has 0 aliphatic rings. The topological polar surface area (TPSA) is 46.9 Å². The molecular formula is C18H13BrClF2N3O. The first-order valence-electron chi connectivity index (χ1n) is 7.53. The highest BCUT2D eigenvalue weighted by molar-refractivity contribution is 9.10. The minimum atomic E-state index is -1.14. The van der Waals surface area contributed by atoms with Crippen molar-refractivity contribution in [3.05, 3.63) is 68.8 Å². The maximum atomic E-state index is 13.5. The lowest BCUT2D eigenvalue weighted by molar-refractivity contribution is 0.102. The average molecular weight is 441 g/mol. The highest BCUT2D eigenvalue weighted by Crippen LogP contribution is 2.32. The van der Waals surface area contributed by atoms with Gasteiger partial charge < -0.3 is 5.32 Å². The number of benzene rings is 2. The van der Waals surface area contributed by atoms with E-state index in [-0.39, 0.29) is 10.6 Å². The van der Waals surface area contributed by atoms with Gasteiger partial charge in [0.1, 0.15) is 5.82 Å². The molecule has 4 nitrogen and oxygen atoms in total. The second kappa shape index (κ2) is 7.17. The van der Waals surface area contributed by atoms with E-state index in [0.29, 0.717) is 11.5 Å². The van der Waals surface area contributed by atoms with E-state index in [1.807, 2.05) is 31.2 Å². The average Bonchev–Trinajstić information content (AvgIpc) is 2.85. The van der Waals surface area contributed by atoms with E-state index >= 15 is 0 Å². The van der Waals surface area contributed by atoms with Crippen LogP contribution in [0.2, 0.25) is 5.02 Å². The van der Waals surface area contributed by atoms with Crippen LogP contribution in [0.25, 0.3) is 11.1 Å². The summed E-state index contributed by atoms with van der Waals surface area (Å²) >= 11 is 9.27. The van der Waals surface area contributed by atoms with Gasteiger partial charge in [-0.1, -0.05) is 39.7 Å². The molecule has 0 saturated carbocycles. The van der Waals surface area contributed by atoms with Crippen LogP contribution < -0.4 is 5.32 Å². The smallest absolute Gasteiger partial charge is 0.258 e. The molecule has 1 N–H and O–H groups in total. The second-order valence-electron chi connectivity index (χ2n) is 5.64. The van der Waals surface area contributed by atoms with E-state index in [9.17, 15) is 13.6 Å². The highest BCUT2D eigenvalue weighted by Gasteiger charge is 2.20. The number of halogens is 4. The molecule has 0 spiro atoms. The number of hydrogen-bond acceptors (Lipinski definition) is 2. The van der Waals surface area contributed by atoms with Gasteiger partial charge in [-0.3, -0.25) is 9.48 Å². The van der Waals surface area contributed by atoms with E-state index < -0.39 is 17.5 Å². The molecule has 2 aromatic carbocycles. The van der Waals surface area contributed by atoms with Gasteiger partial charge in [-0.2, -0.15) is 5.10 Å². The molecule has 0 bridgehead atoms. The van der Waals surface area contributed by atoms with Crippen molar-refractivity contribution in [2.75, 3.05) is 5.32 Å². The number of amides is 1. The summed E-state index contributed by atoms with van der Waals surface area (Å²) in [4.78, 5) is 12.6. The lowest BCUT2D eigenvalue weighted by atomic mass is 10.1. The third-order valence-corrected chi connectivity index (χ3v) is 4.68. The zero-order chi connectivity index (χ0) is 19.0. The van der Waals surface area contributed by atoms with Gasteiger partial charge in [-0.05, 0) is 36.8 Å². The lowest BCUT2D eigenvalue weighted by Crippen LogP contribution is -2.16. The molecule has 1 amide bonds. The van der Waals surface area contributed by atoms with Crippen LogP contribution in [0.1, 0.15) is 16.1 Å². The fraction of sp³-hybridized carbons (Fsp3) is 0.111. The molecule has 3 rings (SSSR count). The Bertz CT molecular complexity index is 1000. The van der Waals surface area contributed by atoms with E-state index in [4.69, 9.17) is 11.6 Å². The molecule has 3 aromatic rings. The quantitative estimate of drug-likeness (QED) is 0.559. The number of carbonyl (C=O) groups is 1. The van der Waals surface area contributed by atoms with Crippen LogP contribution in [0, 0.1) is 18.6 Å². The molecular weight excluding hydrogens is 428 g/mol. The molecule has 0 fully saturated rings.